The molecule has 0 spiro atoms. The van der Waals surface area contributed by atoms with Crippen molar-refractivity contribution >= 4 is 0 Å². The van der Waals surface area contributed by atoms with Gasteiger partial charge in [-0.15, -0.1) is 0 Å². The summed E-state index contributed by atoms with van der Waals surface area (Å²) >= 11 is 0. The molecule has 4 rings (SSSR count). The van der Waals surface area contributed by atoms with Crippen LogP contribution in [0.5, 0.6) is 0 Å². The van der Waals surface area contributed by atoms with Gasteiger partial charge in [0.2, 0.25) is 0 Å². The lowest BCUT2D eigenvalue weighted by Crippen LogP contribution is -2.13. The minimum Gasteiger partial charge on any atom is -0.207 e. The molecule has 0 radical (unpaired) electrons. The molecule has 0 N–H and O–H groups in total. The molecule has 0 amide bonds. The third-order valence-electron chi connectivity index (χ3n) is 9.56. The Morgan fingerprint density at radius 3 is 1.15 bits per heavy atom. The van der Waals surface area contributed by atoms with Gasteiger partial charge in [-0.2, -0.15) is 0 Å². The molecule has 0 unspecified atom stereocenters. The van der Waals surface area contributed by atoms with Crippen molar-refractivity contribution < 1.29 is 8.78 Å². The summed E-state index contributed by atoms with van der Waals surface area (Å²) in [6.07, 6.45) is 26.1. The summed E-state index contributed by atoms with van der Waals surface area (Å²) in [7, 11) is 0. The zero-order valence-corrected chi connectivity index (χ0v) is 25.1. The zero-order chi connectivity index (χ0) is 27.7. The number of halogens is 2. The monoisotopic (exact) mass is 538 g/mol. The molecule has 0 atom stereocenters. The highest BCUT2D eigenvalue weighted by Gasteiger charge is 2.23. The van der Waals surface area contributed by atoms with Crippen LogP contribution in [0, 0.1) is 23.5 Å². The topological polar surface area (TPSA) is 0 Å². The Balaban J connectivity index is 0.000000216. The highest BCUT2D eigenvalue weighted by Crippen LogP contribution is 2.39. The zero-order valence-electron chi connectivity index (χ0n) is 25.1. The fraction of sp³-hybridized carbons (Fsp3) is 0.676. The van der Waals surface area contributed by atoms with Crippen molar-refractivity contribution in [2.24, 2.45) is 11.8 Å². The van der Waals surface area contributed by atoms with Crippen molar-refractivity contribution in [3.8, 4) is 0 Å². The predicted octanol–water partition coefficient (Wildman–Crippen LogP) is 12.5. The highest BCUT2D eigenvalue weighted by atomic mass is 19.1. The van der Waals surface area contributed by atoms with Crippen LogP contribution in [-0.2, 0) is 0 Å². The molecule has 2 aliphatic carbocycles. The Morgan fingerprint density at radius 1 is 0.462 bits per heavy atom. The second-order valence-electron chi connectivity index (χ2n) is 12.6. The number of benzene rings is 2. The molecule has 2 aromatic carbocycles. The van der Waals surface area contributed by atoms with E-state index in [9.17, 15) is 8.78 Å². The summed E-state index contributed by atoms with van der Waals surface area (Å²) < 4.78 is 25.9. The average Bonchev–Trinajstić information content (AvgIpc) is 2.97. The highest BCUT2D eigenvalue weighted by molar-refractivity contribution is 5.21. The first-order valence-electron chi connectivity index (χ1n) is 16.6. The fourth-order valence-electron chi connectivity index (χ4n) is 6.94. The molecule has 2 fully saturated rings. The van der Waals surface area contributed by atoms with Crippen molar-refractivity contribution in [3.63, 3.8) is 0 Å². The number of hydrogen-bond donors (Lipinski definition) is 0. The Hall–Kier alpha value is -1.70. The molecule has 0 aliphatic heterocycles. The van der Waals surface area contributed by atoms with E-state index in [0.717, 1.165) is 11.8 Å². The Labute approximate surface area is 239 Å². The van der Waals surface area contributed by atoms with Crippen LogP contribution >= 0.6 is 0 Å². The lowest BCUT2D eigenvalue weighted by atomic mass is 9.77. The van der Waals surface area contributed by atoms with Gasteiger partial charge in [0.25, 0.3) is 0 Å². The first-order chi connectivity index (χ1) is 19.1. The van der Waals surface area contributed by atoms with Crippen LogP contribution in [0.25, 0.3) is 0 Å². The van der Waals surface area contributed by atoms with Crippen LogP contribution in [-0.4, -0.2) is 0 Å². The van der Waals surface area contributed by atoms with Gasteiger partial charge in [0.1, 0.15) is 11.6 Å². The van der Waals surface area contributed by atoms with Gasteiger partial charge in [0.15, 0.2) is 0 Å². The Morgan fingerprint density at radius 2 is 0.795 bits per heavy atom. The van der Waals surface area contributed by atoms with Crippen molar-refractivity contribution in [2.45, 2.75) is 148 Å². The minimum absolute atomic E-state index is 0.116. The van der Waals surface area contributed by atoms with Gasteiger partial charge in [0.05, 0.1) is 0 Å². The molecule has 0 nitrogen and oxygen atoms in total. The second kappa shape index (κ2) is 18.6. The van der Waals surface area contributed by atoms with Crippen LogP contribution in [0.3, 0.4) is 0 Å². The van der Waals surface area contributed by atoms with Gasteiger partial charge in [-0.3, -0.25) is 0 Å². The maximum absolute atomic E-state index is 12.9. The summed E-state index contributed by atoms with van der Waals surface area (Å²) in [5.74, 6) is 3.02. The van der Waals surface area contributed by atoms with Crippen molar-refractivity contribution in [1.29, 1.82) is 0 Å². The summed E-state index contributed by atoms with van der Waals surface area (Å²) in [6.45, 7) is 4.55. The molecule has 0 bridgehead atoms. The van der Waals surface area contributed by atoms with Gasteiger partial charge < -0.3 is 0 Å². The molecule has 218 valence electrons. The van der Waals surface area contributed by atoms with Crippen LogP contribution in [0.2, 0.25) is 0 Å². The lowest BCUT2D eigenvalue weighted by Gasteiger charge is -2.28. The first-order valence-corrected chi connectivity index (χ1v) is 16.6. The van der Waals surface area contributed by atoms with Crippen molar-refractivity contribution in [3.05, 3.63) is 71.3 Å². The smallest absolute Gasteiger partial charge is 0.123 e. The lowest BCUT2D eigenvalue weighted by molar-refractivity contribution is 0.302. The molecule has 2 aromatic rings. The van der Waals surface area contributed by atoms with Crippen LogP contribution in [0.4, 0.5) is 8.78 Å². The quantitative estimate of drug-likeness (QED) is 0.222. The standard InChI is InChI=1S/C19H29F.C18H27F/c1-2-3-4-5-6-7-16-8-10-17(11-9-16)18-12-14-19(20)15-13-18;1-2-3-4-5-6-15-7-9-16(10-8-15)17-11-13-18(19)14-12-17/h12-17H,2-11H2,1H3;11-16H,2-10H2,1H3. The van der Waals surface area contributed by atoms with E-state index in [1.807, 2.05) is 24.3 Å². The van der Waals surface area contributed by atoms with Crippen molar-refractivity contribution in [2.75, 3.05) is 0 Å². The van der Waals surface area contributed by atoms with Crippen LogP contribution < -0.4 is 0 Å². The molecular formula is C37H56F2. The number of hydrogen-bond acceptors (Lipinski definition) is 0. The first kappa shape index (κ1) is 31.8. The normalized spacial score (nSPS) is 23.2. The van der Waals surface area contributed by atoms with Gasteiger partial charge in [-0.1, -0.05) is 109 Å². The van der Waals surface area contributed by atoms with Gasteiger partial charge >= 0.3 is 0 Å². The summed E-state index contributed by atoms with van der Waals surface area (Å²) in [5, 5.41) is 0. The van der Waals surface area contributed by atoms with E-state index in [-0.39, 0.29) is 11.6 Å². The summed E-state index contributed by atoms with van der Waals surface area (Å²) in [4.78, 5) is 0. The minimum atomic E-state index is -0.117. The molecule has 0 saturated heterocycles. The average molecular weight is 539 g/mol. The summed E-state index contributed by atoms with van der Waals surface area (Å²) in [5.41, 5.74) is 2.68. The van der Waals surface area contributed by atoms with Crippen molar-refractivity contribution in [1.82, 2.24) is 0 Å². The van der Waals surface area contributed by atoms with E-state index >= 15 is 0 Å². The van der Waals surface area contributed by atoms with E-state index < -0.39 is 0 Å². The maximum Gasteiger partial charge on any atom is 0.123 e. The molecule has 2 heteroatoms. The SMILES string of the molecule is CCCCCCC1CCC(c2ccc(F)cc2)CC1.CCCCCCCC1CCC(c2ccc(F)cc2)CC1. The van der Waals surface area contributed by atoms with Gasteiger partial charge in [0, 0.05) is 0 Å². The summed E-state index contributed by atoms with van der Waals surface area (Å²) in [6, 6.07) is 14.3. The Kier molecular flexibility index (Phi) is 15.2. The van der Waals surface area contributed by atoms with Crippen LogP contribution in [0.15, 0.2) is 48.5 Å². The second-order valence-corrected chi connectivity index (χ2v) is 12.6. The van der Waals surface area contributed by atoms with E-state index in [1.165, 1.54) is 133 Å². The van der Waals surface area contributed by atoms with E-state index in [0.29, 0.717) is 11.8 Å². The fourth-order valence-corrected chi connectivity index (χ4v) is 6.94. The number of rotatable bonds is 13. The van der Waals surface area contributed by atoms with Gasteiger partial charge in [-0.25, -0.2) is 8.78 Å². The molecule has 0 heterocycles. The number of unbranched alkanes of at least 4 members (excludes halogenated alkanes) is 7. The Bertz CT molecular complexity index is 855. The molecule has 2 aliphatic rings. The molecule has 39 heavy (non-hydrogen) atoms. The molecular weight excluding hydrogens is 482 g/mol. The van der Waals surface area contributed by atoms with E-state index in [2.05, 4.69) is 13.8 Å². The van der Waals surface area contributed by atoms with E-state index in [4.69, 9.17) is 0 Å². The third-order valence-corrected chi connectivity index (χ3v) is 9.56. The van der Waals surface area contributed by atoms with E-state index in [1.54, 1.807) is 24.3 Å². The predicted molar refractivity (Wildman–Crippen MR) is 164 cm³/mol. The third kappa shape index (κ3) is 12.1. The molecule has 0 aromatic heterocycles. The van der Waals surface area contributed by atoms with Crippen LogP contribution in [0.1, 0.15) is 159 Å². The molecule has 2 saturated carbocycles. The van der Waals surface area contributed by atoms with Gasteiger partial charge in [-0.05, 0) is 110 Å². The largest absolute Gasteiger partial charge is 0.207 e. The maximum atomic E-state index is 12.9.